The van der Waals surface area contributed by atoms with E-state index in [0.717, 1.165) is 10.1 Å². The maximum atomic E-state index is 12.6. The van der Waals surface area contributed by atoms with E-state index in [1.54, 1.807) is 37.3 Å². The van der Waals surface area contributed by atoms with E-state index >= 15 is 0 Å². The molecule has 0 fully saturated rings. The maximum Gasteiger partial charge on any atom is 0.374 e. The number of imide groups is 1. The van der Waals surface area contributed by atoms with Crippen molar-refractivity contribution >= 4 is 39.2 Å². The Morgan fingerprint density at radius 3 is 2.38 bits per heavy atom. The van der Waals surface area contributed by atoms with Gasteiger partial charge in [0.15, 0.2) is 0 Å². The Bertz CT molecular complexity index is 1120. The highest BCUT2D eigenvalue weighted by Crippen LogP contribution is 2.33. The lowest BCUT2D eigenvalue weighted by atomic mass is 10.1. The molecule has 3 aromatic rings. The summed E-state index contributed by atoms with van der Waals surface area (Å²) in [6.07, 6.45) is 0. The Kier molecular flexibility index (Phi) is 3.56. The van der Waals surface area contributed by atoms with Gasteiger partial charge >= 0.3 is 5.97 Å². The summed E-state index contributed by atoms with van der Waals surface area (Å²) >= 11 is 1.19. The van der Waals surface area contributed by atoms with Gasteiger partial charge < -0.3 is 4.84 Å². The minimum Gasteiger partial charge on any atom is -0.323 e. The van der Waals surface area contributed by atoms with Gasteiger partial charge in [-0.2, -0.15) is 5.26 Å². The first-order valence-corrected chi connectivity index (χ1v) is 8.46. The zero-order valence-corrected chi connectivity index (χ0v) is 14.3. The fourth-order valence-electron chi connectivity index (χ4n) is 2.86. The zero-order chi connectivity index (χ0) is 18.4. The van der Waals surface area contributed by atoms with Crippen molar-refractivity contribution in [3.05, 3.63) is 69.6 Å². The lowest BCUT2D eigenvalue weighted by Gasteiger charge is -2.12. The number of hydrogen-bond donors (Lipinski definition) is 0. The molecule has 26 heavy (non-hydrogen) atoms. The number of nitriles is 1. The number of hydroxylamine groups is 2. The van der Waals surface area contributed by atoms with Gasteiger partial charge in [0.05, 0.1) is 22.8 Å². The van der Waals surface area contributed by atoms with E-state index in [1.807, 2.05) is 0 Å². The second kappa shape index (κ2) is 5.79. The van der Waals surface area contributed by atoms with Gasteiger partial charge in [0.2, 0.25) is 0 Å². The van der Waals surface area contributed by atoms with Crippen LogP contribution >= 0.6 is 11.3 Å². The van der Waals surface area contributed by atoms with Crippen molar-refractivity contribution in [2.24, 2.45) is 0 Å². The van der Waals surface area contributed by atoms with Gasteiger partial charge in [-0.15, -0.1) is 11.3 Å². The van der Waals surface area contributed by atoms with Gasteiger partial charge in [0, 0.05) is 4.70 Å². The fraction of sp³-hybridized carbons (Fsp3) is 0.0526. The molecule has 2 heterocycles. The predicted molar refractivity (Wildman–Crippen MR) is 93.6 cm³/mol. The second-order valence-electron chi connectivity index (χ2n) is 5.71. The standard InChI is InChI=1S/C19H10N2O4S/c1-10-14-8-11(9-20)6-7-15(14)26-16(10)19(24)25-21-17(22)12-4-2-3-5-13(12)18(21)23/h2-8H,1H3. The van der Waals surface area contributed by atoms with Crippen LogP contribution < -0.4 is 0 Å². The highest BCUT2D eigenvalue weighted by atomic mass is 32.1. The van der Waals surface area contributed by atoms with Crippen LogP contribution in [0.5, 0.6) is 0 Å². The average molecular weight is 362 g/mol. The summed E-state index contributed by atoms with van der Waals surface area (Å²) in [5, 5.41) is 10.3. The van der Waals surface area contributed by atoms with Crippen LogP contribution in [0.2, 0.25) is 0 Å². The number of carbonyl (C=O) groups is 3. The molecule has 0 bridgehead atoms. The van der Waals surface area contributed by atoms with Crippen LogP contribution in [-0.2, 0) is 4.84 Å². The van der Waals surface area contributed by atoms with Crippen LogP contribution in [0, 0.1) is 18.3 Å². The molecule has 126 valence electrons. The van der Waals surface area contributed by atoms with Gasteiger partial charge in [-0.25, -0.2) is 4.79 Å². The summed E-state index contributed by atoms with van der Waals surface area (Å²) in [5.74, 6) is -2.11. The molecule has 1 aromatic heterocycles. The molecule has 0 aliphatic carbocycles. The van der Waals surface area contributed by atoms with E-state index in [2.05, 4.69) is 6.07 Å². The zero-order valence-electron chi connectivity index (χ0n) is 13.5. The van der Waals surface area contributed by atoms with E-state index in [4.69, 9.17) is 10.1 Å². The predicted octanol–water partition coefficient (Wildman–Crippen LogP) is 3.45. The summed E-state index contributed by atoms with van der Waals surface area (Å²) in [6, 6.07) is 13.5. The van der Waals surface area contributed by atoms with Crippen LogP contribution in [-0.4, -0.2) is 22.8 Å². The first-order chi connectivity index (χ1) is 12.5. The fourth-order valence-corrected chi connectivity index (χ4v) is 3.92. The van der Waals surface area contributed by atoms with Crippen molar-refractivity contribution in [1.29, 1.82) is 5.26 Å². The quantitative estimate of drug-likeness (QED) is 0.652. The summed E-state index contributed by atoms with van der Waals surface area (Å²) in [5.41, 5.74) is 1.54. The topological polar surface area (TPSA) is 87.5 Å². The normalized spacial score (nSPS) is 13.0. The third-order valence-electron chi connectivity index (χ3n) is 4.18. The van der Waals surface area contributed by atoms with Crippen molar-refractivity contribution < 1.29 is 19.2 Å². The van der Waals surface area contributed by atoms with Gasteiger partial charge in [0.1, 0.15) is 4.88 Å². The molecule has 0 spiro atoms. The minimum atomic E-state index is -0.781. The number of benzene rings is 2. The van der Waals surface area contributed by atoms with Crippen LogP contribution in [0.15, 0.2) is 42.5 Å². The van der Waals surface area contributed by atoms with E-state index in [-0.39, 0.29) is 16.0 Å². The monoisotopic (exact) mass is 362 g/mol. The Labute approximate surface area is 151 Å². The highest BCUT2D eigenvalue weighted by molar-refractivity contribution is 7.21. The van der Waals surface area contributed by atoms with Gasteiger partial charge in [-0.1, -0.05) is 17.2 Å². The van der Waals surface area contributed by atoms with Crippen molar-refractivity contribution in [2.75, 3.05) is 0 Å². The lowest BCUT2D eigenvalue weighted by Crippen LogP contribution is -2.32. The van der Waals surface area contributed by atoms with Crippen LogP contribution in [0.3, 0.4) is 0 Å². The molecule has 0 atom stereocenters. The average Bonchev–Trinajstić information content (AvgIpc) is 3.12. The number of amides is 2. The molecule has 7 heteroatoms. The van der Waals surface area contributed by atoms with Crippen molar-refractivity contribution in [3.8, 4) is 6.07 Å². The first kappa shape index (κ1) is 16.0. The molecule has 4 rings (SSSR count). The molecular weight excluding hydrogens is 352 g/mol. The molecule has 0 saturated heterocycles. The Hall–Kier alpha value is -3.50. The van der Waals surface area contributed by atoms with Crippen LogP contribution in [0.25, 0.3) is 10.1 Å². The first-order valence-electron chi connectivity index (χ1n) is 7.64. The van der Waals surface area contributed by atoms with Crippen molar-refractivity contribution in [1.82, 2.24) is 5.06 Å². The van der Waals surface area contributed by atoms with E-state index < -0.39 is 17.8 Å². The molecule has 2 aromatic carbocycles. The molecule has 1 aliphatic rings. The van der Waals surface area contributed by atoms with Crippen molar-refractivity contribution in [3.63, 3.8) is 0 Å². The molecule has 0 N–H and O–H groups in total. The minimum absolute atomic E-state index is 0.206. The molecule has 0 unspecified atom stereocenters. The number of fused-ring (bicyclic) bond motifs is 2. The van der Waals surface area contributed by atoms with Crippen LogP contribution in [0.4, 0.5) is 0 Å². The summed E-state index contributed by atoms with van der Waals surface area (Å²) in [7, 11) is 0. The second-order valence-corrected chi connectivity index (χ2v) is 6.76. The van der Waals surface area contributed by atoms with Crippen molar-refractivity contribution in [2.45, 2.75) is 6.92 Å². The van der Waals surface area contributed by atoms with Gasteiger partial charge in [-0.05, 0) is 48.2 Å². The molecule has 0 saturated carbocycles. The number of thiophene rings is 1. The third-order valence-corrected chi connectivity index (χ3v) is 5.43. The van der Waals surface area contributed by atoms with E-state index in [0.29, 0.717) is 16.2 Å². The van der Waals surface area contributed by atoms with Gasteiger partial charge in [0.25, 0.3) is 11.8 Å². The summed E-state index contributed by atoms with van der Waals surface area (Å²) < 4.78 is 0.816. The van der Waals surface area contributed by atoms with E-state index in [9.17, 15) is 14.4 Å². The lowest BCUT2D eigenvalue weighted by molar-refractivity contribution is -0.0581. The molecule has 1 aliphatic heterocycles. The number of rotatable bonds is 2. The largest absolute Gasteiger partial charge is 0.374 e. The highest BCUT2D eigenvalue weighted by Gasteiger charge is 2.39. The molecule has 6 nitrogen and oxygen atoms in total. The number of nitrogens with zero attached hydrogens (tertiary/aromatic N) is 2. The third kappa shape index (κ3) is 2.28. The molecular formula is C19H10N2O4S. The van der Waals surface area contributed by atoms with Crippen LogP contribution in [0.1, 0.15) is 41.5 Å². The smallest absolute Gasteiger partial charge is 0.323 e. The maximum absolute atomic E-state index is 12.6. The Balaban J connectivity index is 1.67. The Morgan fingerprint density at radius 2 is 1.77 bits per heavy atom. The molecule has 2 amide bonds. The molecule has 0 radical (unpaired) electrons. The van der Waals surface area contributed by atoms with Gasteiger partial charge in [-0.3, -0.25) is 9.59 Å². The number of aryl methyl sites for hydroxylation is 1. The summed E-state index contributed by atoms with van der Waals surface area (Å²) in [4.78, 5) is 42.6. The SMILES string of the molecule is Cc1c(C(=O)ON2C(=O)c3ccccc3C2=O)sc2ccc(C#N)cc12. The Morgan fingerprint density at radius 1 is 1.12 bits per heavy atom. The number of carbonyl (C=O) groups excluding carboxylic acids is 3. The van der Waals surface area contributed by atoms with E-state index in [1.165, 1.54) is 23.5 Å². The summed E-state index contributed by atoms with van der Waals surface area (Å²) in [6.45, 7) is 1.74. The number of hydrogen-bond acceptors (Lipinski definition) is 6.